The van der Waals surface area contributed by atoms with Crippen LogP contribution in [0.1, 0.15) is 23.7 Å². The first-order chi connectivity index (χ1) is 9.54. The Morgan fingerprint density at radius 1 is 1.55 bits per heavy atom. The number of anilines is 1. The minimum atomic E-state index is -0.781. The standard InChI is InChI=1S/C14H19ClN2O2S/c1-2-16-12-4-3-10(15)7-11(12)13(18)17-8-14(19)5-6-20-9-14/h3-4,7,16,19H,2,5-6,8-9H2,1H3,(H,17,18). The quantitative estimate of drug-likeness (QED) is 0.781. The molecule has 1 fully saturated rings. The van der Waals surface area contributed by atoms with E-state index in [1.54, 1.807) is 30.0 Å². The lowest BCUT2D eigenvalue weighted by Crippen LogP contribution is -2.43. The van der Waals surface area contributed by atoms with Gasteiger partial charge in [0.1, 0.15) is 0 Å². The van der Waals surface area contributed by atoms with Gasteiger partial charge in [-0.3, -0.25) is 4.79 Å². The molecule has 1 amide bonds. The van der Waals surface area contributed by atoms with Gasteiger partial charge in [-0.05, 0) is 37.3 Å². The van der Waals surface area contributed by atoms with Crippen molar-refractivity contribution >= 4 is 35.0 Å². The van der Waals surface area contributed by atoms with Gasteiger partial charge < -0.3 is 15.7 Å². The van der Waals surface area contributed by atoms with Gasteiger partial charge >= 0.3 is 0 Å². The number of carbonyl (C=O) groups excluding carboxylic acids is 1. The number of aliphatic hydroxyl groups is 1. The molecule has 1 saturated heterocycles. The third-order valence-electron chi connectivity index (χ3n) is 3.25. The molecule has 0 radical (unpaired) electrons. The predicted molar refractivity (Wildman–Crippen MR) is 84.8 cm³/mol. The van der Waals surface area contributed by atoms with E-state index in [1.165, 1.54) is 0 Å². The van der Waals surface area contributed by atoms with Gasteiger partial charge in [-0.2, -0.15) is 11.8 Å². The van der Waals surface area contributed by atoms with E-state index in [4.69, 9.17) is 11.6 Å². The Bertz CT molecular complexity index is 490. The molecule has 1 aromatic carbocycles. The Hall–Kier alpha value is -0.910. The van der Waals surface area contributed by atoms with Gasteiger partial charge in [-0.15, -0.1) is 0 Å². The zero-order chi connectivity index (χ0) is 14.6. The fourth-order valence-electron chi connectivity index (χ4n) is 2.12. The predicted octanol–water partition coefficient (Wildman–Crippen LogP) is 2.37. The second-order valence-corrected chi connectivity index (χ2v) is 6.47. The maximum absolute atomic E-state index is 12.3. The highest BCUT2D eigenvalue weighted by molar-refractivity contribution is 7.99. The van der Waals surface area contributed by atoms with Crippen molar-refractivity contribution in [3.05, 3.63) is 28.8 Å². The SMILES string of the molecule is CCNc1ccc(Cl)cc1C(=O)NCC1(O)CCSC1. The van der Waals surface area contributed by atoms with E-state index in [0.717, 1.165) is 18.0 Å². The zero-order valence-electron chi connectivity index (χ0n) is 11.4. The van der Waals surface area contributed by atoms with Crippen LogP contribution in [0.3, 0.4) is 0 Å². The van der Waals surface area contributed by atoms with Crippen molar-refractivity contribution in [2.75, 3.05) is 29.9 Å². The van der Waals surface area contributed by atoms with E-state index in [0.29, 0.717) is 22.8 Å². The average molecular weight is 315 g/mol. The Morgan fingerprint density at radius 2 is 2.35 bits per heavy atom. The van der Waals surface area contributed by atoms with Crippen LogP contribution in [-0.4, -0.2) is 41.2 Å². The molecule has 2 rings (SSSR count). The summed E-state index contributed by atoms with van der Waals surface area (Å²) < 4.78 is 0. The Balaban J connectivity index is 2.06. The normalized spacial score (nSPS) is 21.8. The summed E-state index contributed by atoms with van der Waals surface area (Å²) in [7, 11) is 0. The number of thioether (sulfide) groups is 1. The summed E-state index contributed by atoms with van der Waals surface area (Å²) in [6.45, 7) is 2.97. The molecule has 6 heteroatoms. The number of amides is 1. The van der Waals surface area contributed by atoms with Gasteiger partial charge in [-0.1, -0.05) is 11.6 Å². The molecular weight excluding hydrogens is 296 g/mol. The smallest absolute Gasteiger partial charge is 0.253 e. The molecule has 1 unspecified atom stereocenters. The van der Waals surface area contributed by atoms with Crippen molar-refractivity contribution < 1.29 is 9.90 Å². The Labute approximate surface area is 128 Å². The summed E-state index contributed by atoms with van der Waals surface area (Å²) in [5, 5.41) is 16.7. The third kappa shape index (κ3) is 3.81. The van der Waals surface area contributed by atoms with Crippen molar-refractivity contribution in [1.29, 1.82) is 0 Å². The summed E-state index contributed by atoms with van der Waals surface area (Å²) in [5.74, 6) is 1.39. The number of hydrogen-bond donors (Lipinski definition) is 3. The van der Waals surface area contributed by atoms with E-state index in [9.17, 15) is 9.90 Å². The first-order valence-electron chi connectivity index (χ1n) is 6.66. The van der Waals surface area contributed by atoms with Gasteiger partial charge in [-0.25, -0.2) is 0 Å². The fraction of sp³-hybridized carbons (Fsp3) is 0.500. The summed E-state index contributed by atoms with van der Waals surface area (Å²) in [4.78, 5) is 12.3. The molecule has 1 heterocycles. The molecule has 110 valence electrons. The highest BCUT2D eigenvalue weighted by Gasteiger charge is 2.32. The number of rotatable bonds is 5. The van der Waals surface area contributed by atoms with E-state index in [1.807, 2.05) is 6.92 Å². The van der Waals surface area contributed by atoms with E-state index < -0.39 is 5.60 Å². The summed E-state index contributed by atoms with van der Waals surface area (Å²) in [6, 6.07) is 5.18. The minimum absolute atomic E-state index is 0.214. The van der Waals surface area contributed by atoms with Crippen LogP contribution >= 0.6 is 23.4 Å². The second kappa shape index (κ2) is 6.70. The Morgan fingerprint density at radius 3 is 3.00 bits per heavy atom. The zero-order valence-corrected chi connectivity index (χ0v) is 13.0. The molecule has 1 atom stereocenters. The maximum Gasteiger partial charge on any atom is 0.253 e. The number of nitrogens with one attached hydrogen (secondary N) is 2. The first kappa shape index (κ1) is 15.5. The van der Waals surface area contributed by atoms with Crippen molar-refractivity contribution in [3.63, 3.8) is 0 Å². The summed E-state index contributed by atoms with van der Waals surface area (Å²) in [6.07, 6.45) is 0.716. The molecular formula is C14H19ClN2O2S. The van der Waals surface area contributed by atoms with Gasteiger partial charge in [0.05, 0.1) is 11.2 Å². The highest BCUT2D eigenvalue weighted by atomic mass is 35.5. The van der Waals surface area contributed by atoms with E-state index in [-0.39, 0.29) is 12.5 Å². The van der Waals surface area contributed by atoms with Crippen molar-refractivity contribution in [1.82, 2.24) is 5.32 Å². The average Bonchev–Trinajstić information content (AvgIpc) is 2.86. The molecule has 0 aromatic heterocycles. The minimum Gasteiger partial charge on any atom is -0.387 e. The van der Waals surface area contributed by atoms with Crippen LogP contribution in [0.4, 0.5) is 5.69 Å². The monoisotopic (exact) mass is 314 g/mol. The van der Waals surface area contributed by atoms with Crippen molar-refractivity contribution in [2.45, 2.75) is 18.9 Å². The molecule has 1 aromatic rings. The molecule has 0 saturated carbocycles. The maximum atomic E-state index is 12.3. The lowest BCUT2D eigenvalue weighted by molar-refractivity contribution is 0.0613. The van der Waals surface area contributed by atoms with Crippen LogP contribution in [0, 0.1) is 0 Å². The molecule has 1 aliphatic rings. The molecule has 0 spiro atoms. The molecule has 4 nitrogen and oxygen atoms in total. The number of halogens is 1. The van der Waals surface area contributed by atoms with Crippen LogP contribution in [0.5, 0.6) is 0 Å². The molecule has 3 N–H and O–H groups in total. The highest BCUT2D eigenvalue weighted by Crippen LogP contribution is 2.27. The van der Waals surface area contributed by atoms with Crippen LogP contribution in [0.15, 0.2) is 18.2 Å². The Kier molecular flexibility index (Phi) is 5.18. The third-order valence-corrected chi connectivity index (χ3v) is 4.72. The topological polar surface area (TPSA) is 61.4 Å². The van der Waals surface area contributed by atoms with Gasteiger partial charge in [0.15, 0.2) is 0 Å². The van der Waals surface area contributed by atoms with Crippen molar-refractivity contribution in [2.24, 2.45) is 0 Å². The largest absolute Gasteiger partial charge is 0.387 e. The molecule has 0 aliphatic carbocycles. The number of carbonyl (C=O) groups is 1. The van der Waals surface area contributed by atoms with Crippen LogP contribution in [0.2, 0.25) is 5.02 Å². The van der Waals surface area contributed by atoms with Gasteiger partial charge in [0.2, 0.25) is 0 Å². The molecule has 1 aliphatic heterocycles. The van der Waals surface area contributed by atoms with Crippen molar-refractivity contribution in [3.8, 4) is 0 Å². The lowest BCUT2D eigenvalue weighted by Gasteiger charge is -2.22. The summed E-state index contributed by atoms with van der Waals surface area (Å²) >= 11 is 7.66. The van der Waals surface area contributed by atoms with Crippen LogP contribution in [0.25, 0.3) is 0 Å². The number of benzene rings is 1. The van der Waals surface area contributed by atoms with E-state index >= 15 is 0 Å². The van der Waals surface area contributed by atoms with Crippen LogP contribution < -0.4 is 10.6 Å². The van der Waals surface area contributed by atoms with Crippen LogP contribution in [-0.2, 0) is 0 Å². The first-order valence-corrected chi connectivity index (χ1v) is 8.19. The van der Waals surface area contributed by atoms with Gasteiger partial charge in [0, 0.05) is 29.6 Å². The fourth-order valence-corrected chi connectivity index (χ4v) is 3.59. The van der Waals surface area contributed by atoms with Gasteiger partial charge in [0.25, 0.3) is 5.91 Å². The second-order valence-electron chi connectivity index (χ2n) is 4.93. The molecule has 20 heavy (non-hydrogen) atoms. The summed E-state index contributed by atoms with van der Waals surface area (Å²) in [5.41, 5.74) is 0.479. The molecule has 0 bridgehead atoms. The number of hydrogen-bond acceptors (Lipinski definition) is 4. The van der Waals surface area contributed by atoms with E-state index in [2.05, 4.69) is 10.6 Å². The lowest BCUT2D eigenvalue weighted by atomic mass is 10.0.